The lowest BCUT2D eigenvalue weighted by atomic mass is 10.1. The molecule has 0 spiro atoms. The largest absolute Gasteiger partial charge is 0.380 e. The minimum Gasteiger partial charge on any atom is -0.380 e. The third-order valence-electron chi connectivity index (χ3n) is 2.64. The quantitative estimate of drug-likeness (QED) is 0.586. The van der Waals surface area contributed by atoms with Crippen molar-refractivity contribution in [3.63, 3.8) is 0 Å². The molecule has 0 radical (unpaired) electrons. The molecule has 3 heterocycles. The third kappa shape index (κ3) is 2.01. The Balaban J connectivity index is 2.13. The summed E-state index contributed by atoms with van der Waals surface area (Å²) in [5.41, 5.74) is 6.96. The van der Waals surface area contributed by atoms with E-state index in [4.69, 9.17) is 10.3 Å². The number of thiophene rings is 1. The first-order valence-electron chi connectivity index (χ1n) is 5.58. The second kappa shape index (κ2) is 4.74. The summed E-state index contributed by atoms with van der Waals surface area (Å²) in [6, 6.07) is 8.39. The highest BCUT2D eigenvalue weighted by molar-refractivity contribution is 7.18. The maximum Gasteiger partial charge on any atom is 0.324 e. The van der Waals surface area contributed by atoms with Crippen LogP contribution < -0.4 is 5.73 Å². The van der Waals surface area contributed by atoms with Crippen LogP contribution in [0.15, 0.2) is 41.1 Å². The van der Waals surface area contributed by atoms with Gasteiger partial charge in [-0.15, -0.1) is 0 Å². The predicted octanol–water partition coefficient (Wildman–Crippen LogP) is 2.96. The summed E-state index contributed by atoms with van der Waals surface area (Å²) in [5.74, 6) is 0.592. The van der Waals surface area contributed by atoms with Crippen LogP contribution in [0.25, 0.3) is 21.9 Å². The fourth-order valence-electron chi connectivity index (χ4n) is 1.78. The van der Waals surface area contributed by atoms with Gasteiger partial charge in [-0.05, 0) is 18.2 Å². The number of hydrogen-bond acceptors (Lipinski definition) is 7. The van der Waals surface area contributed by atoms with E-state index in [1.54, 1.807) is 24.4 Å². The van der Waals surface area contributed by atoms with Gasteiger partial charge in [0, 0.05) is 12.3 Å². The van der Waals surface area contributed by atoms with Crippen molar-refractivity contribution >= 4 is 22.2 Å². The highest BCUT2D eigenvalue weighted by Gasteiger charge is 2.22. The molecule has 0 saturated carbocycles. The Morgan fingerprint density at radius 2 is 2.15 bits per heavy atom. The monoisotopic (exact) mass is 288 g/mol. The van der Waals surface area contributed by atoms with Crippen LogP contribution in [0.5, 0.6) is 0 Å². The fourth-order valence-corrected chi connectivity index (χ4v) is 2.58. The molecule has 7 nitrogen and oxygen atoms in total. The van der Waals surface area contributed by atoms with Crippen LogP contribution in [0, 0.1) is 10.1 Å². The van der Waals surface area contributed by atoms with Gasteiger partial charge in [-0.1, -0.05) is 22.6 Å². The van der Waals surface area contributed by atoms with Crippen LogP contribution in [0.3, 0.4) is 0 Å². The van der Waals surface area contributed by atoms with Crippen LogP contribution in [0.2, 0.25) is 0 Å². The van der Waals surface area contributed by atoms with Crippen molar-refractivity contribution in [3.05, 3.63) is 46.6 Å². The molecule has 0 aliphatic heterocycles. The molecule has 0 atom stereocenters. The van der Waals surface area contributed by atoms with Gasteiger partial charge in [0.1, 0.15) is 0 Å². The topological polar surface area (TPSA) is 108 Å². The van der Waals surface area contributed by atoms with E-state index in [9.17, 15) is 10.1 Å². The summed E-state index contributed by atoms with van der Waals surface area (Å²) in [6.45, 7) is 0. The van der Waals surface area contributed by atoms with E-state index in [0.717, 1.165) is 11.3 Å². The zero-order valence-corrected chi connectivity index (χ0v) is 10.8. The third-order valence-corrected chi connectivity index (χ3v) is 3.67. The molecule has 0 amide bonds. The zero-order chi connectivity index (χ0) is 14.1. The molecule has 0 bridgehead atoms. The SMILES string of the molecule is Nc1noc(-c2ccc([N+](=O)[O-])s2)c1-c1ccccn1. The lowest BCUT2D eigenvalue weighted by Gasteiger charge is -1.98. The van der Waals surface area contributed by atoms with Crippen LogP contribution in [0.1, 0.15) is 0 Å². The van der Waals surface area contributed by atoms with Crippen molar-refractivity contribution in [2.75, 3.05) is 5.73 Å². The van der Waals surface area contributed by atoms with Crippen LogP contribution in [-0.4, -0.2) is 15.1 Å². The number of nitro groups is 1. The lowest BCUT2D eigenvalue weighted by molar-refractivity contribution is -0.380. The average Bonchev–Trinajstić information content (AvgIpc) is 3.06. The summed E-state index contributed by atoms with van der Waals surface area (Å²) in [6.07, 6.45) is 1.63. The second-order valence-electron chi connectivity index (χ2n) is 3.88. The van der Waals surface area contributed by atoms with Gasteiger partial charge in [-0.2, -0.15) is 0 Å². The van der Waals surface area contributed by atoms with Crippen molar-refractivity contribution in [1.29, 1.82) is 0 Å². The second-order valence-corrected chi connectivity index (χ2v) is 4.94. The fraction of sp³-hybridized carbons (Fsp3) is 0. The Kier molecular flexibility index (Phi) is 2.92. The standard InChI is InChI=1S/C12H8N4O3S/c13-12-10(7-3-1-2-6-14-7)11(19-15-12)8-4-5-9(20-8)16(17)18/h1-6H,(H2,13,15). The van der Waals surface area contributed by atoms with Crippen molar-refractivity contribution in [2.24, 2.45) is 0 Å². The van der Waals surface area contributed by atoms with Crippen molar-refractivity contribution < 1.29 is 9.45 Å². The number of nitrogens with zero attached hydrogens (tertiary/aromatic N) is 3. The van der Waals surface area contributed by atoms with E-state index >= 15 is 0 Å². The molecule has 8 heteroatoms. The summed E-state index contributed by atoms with van der Waals surface area (Å²) >= 11 is 1.00. The molecule has 0 aliphatic carbocycles. The van der Waals surface area contributed by atoms with Crippen molar-refractivity contribution in [3.8, 4) is 21.9 Å². The molecular weight excluding hydrogens is 280 g/mol. The molecular formula is C12H8N4O3S. The Morgan fingerprint density at radius 1 is 1.30 bits per heavy atom. The molecule has 100 valence electrons. The maximum absolute atomic E-state index is 10.7. The van der Waals surface area contributed by atoms with Crippen LogP contribution in [-0.2, 0) is 0 Å². The van der Waals surface area contributed by atoms with Gasteiger partial charge >= 0.3 is 5.00 Å². The average molecular weight is 288 g/mol. The van der Waals surface area contributed by atoms with Gasteiger partial charge in [0.15, 0.2) is 11.6 Å². The van der Waals surface area contributed by atoms with Crippen LogP contribution >= 0.6 is 11.3 Å². The number of anilines is 1. The van der Waals surface area contributed by atoms with E-state index in [0.29, 0.717) is 21.9 Å². The Bertz CT molecular complexity index is 766. The lowest BCUT2D eigenvalue weighted by Crippen LogP contribution is -1.90. The van der Waals surface area contributed by atoms with Gasteiger partial charge in [-0.25, -0.2) is 0 Å². The summed E-state index contributed by atoms with van der Waals surface area (Å²) in [4.78, 5) is 15.1. The number of hydrogen-bond donors (Lipinski definition) is 1. The van der Waals surface area contributed by atoms with E-state index in [2.05, 4.69) is 10.1 Å². The Labute approximate surface area is 116 Å². The van der Waals surface area contributed by atoms with E-state index in [1.165, 1.54) is 6.07 Å². The van der Waals surface area contributed by atoms with Gasteiger partial charge in [0.05, 0.1) is 21.1 Å². The van der Waals surface area contributed by atoms with Gasteiger partial charge in [-0.3, -0.25) is 15.1 Å². The molecule has 0 fully saturated rings. The minimum absolute atomic E-state index is 0.0296. The van der Waals surface area contributed by atoms with Gasteiger partial charge in [0.25, 0.3) is 0 Å². The number of pyridine rings is 1. The zero-order valence-electron chi connectivity index (χ0n) is 10.0. The minimum atomic E-state index is -0.450. The highest BCUT2D eigenvalue weighted by Crippen LogP contribution is 2.40. The normalized spacial score (nSPS) is 10.6. The van der Waals surface area contributed by atoms with E-state index < -0.39 is 4.92 Å². The molecule has 0 saturated heterocycles. The molecule has 20 heavy (non-hydrogen) atoms. The number of aromatic nitrogens is 2. The predicted molar refractivity (Wildman–Crippen MR) is 74.1 cm³/mol. The molecule has 0 aliphatic rings. The van der Waals surface area contributed by atoms with Gasteiger partial charge < -0.3 is 10.3 Å². The highest BCUT2D eigenvalue weighted by atomic mass is 32.1. The first-order chi connectivity index (χ1) is 9.66. The van der Waals surface area contributed by atoms with Crippen molar-refractivity contribution in [1.82, 2.24) is 10.1 Å². The smallest absolute Gasteiger partial charge is 0.324 e. The first kappa shape index (κ1) is 12.3. The van der Waals surface area contributed by atoms with E-state index in [-0.39, 0.29) is 10.8 Å². The maximum atomic E-state index is 10.7. The van der Waals surface area contributed by atoms with E-state index in [1.807, 2.05) is 6.07 Å². The molecule has 0 unspecified atom stereocenters. The number of nitrogens with two attached hydrogens (primary N) is 1. The first-order valence-corrected chi connectivity index (χ1v) is 6.39. The van der Waals surface area contributed by atoms with Gasteiger partial charge in [0.2, 0.25) is 0 Å². The summed E-state index contributed by atoms with van der Waals surface area (Å²) in [7, 11) is 0. The number of nitrogen functional groups attached to an aromatic ring is 1. The van der Waals surface area contributed by atoms with Crippen molar-refractivity contribution in [2.45, 2.75) is 0 Å². The molecule has 3 aromatic rings. The molecule has 0 aromatic carbocycles. The Morgan fingerprint density at radius 3 is 2.80 bits per heavy atom. The summed E-state index contributed by atoms with van der Waals surface area (Å²) < 4.78 is 5.20. The van der Waals surface area contributed by atoms with Crippen LogP contribution in [0.4, 0.5) is 10.8 Å². The number of rotatable bonds is 3. The molecule has 3 rings (SSSR count). The molecule has 2 N–H and O–H groups in total. The summed E-state index contributed by atoms with van der Waals surface area (Å²) in [5, 5.41) is 14.5. The molecule has 3 aromatic heterocycles. The Hall–Kier alpha value is -2.74.